The average Bonchev–Trinajstić information content (AvgIpc) is 2.73. The molecule has 0 bridgehead atoms. The number of hydrogen-bond acceptors (Lipinski definition) is 3. The first-order valence-corrected chi connectivity index (χ1v) is 6.78. The maximum Gasteiger partial charge on any atom is 0.0719 e. The van der Waals surface area contributed by atoms with E-state index in [2.05, 4.69) is 50.9 Å². The summed E-state index contributed by atoms with van der Waals surface area (Å²) < 4.78 is 1.22. The molecule has 94 valence electrons. The molecule has 0 radical (unpaired) electrons. The third kappa shape index (κ3) is 3.28. The summed E-state index contributed by atoms with van der Waals surface area (Å²) in [5.41, 5.74) is 2.68. The minimum Gasteiger partial charge on any atom is -0.306 e. The molecule has 0 aliphatic carbocycles. The van der Waals surface area contributed by atoms with Crippen molar-refractivity contribution in [3.8, 4) is 0 Å². The third-order valence-electron chi connectivity index (χ3n) is 3.40. The molecule has 2 rings (SSSR count). The summed E-state index contributed by atoms with van der Waals surface area (Å²) in [6, 6.07) is 6.60. The van der Waals surface area contributed by atoms with Gasteiger partial charge in [0.1, 0.15) is 0 Å². The summed E-state index contributed by atoms with van der Waals surface area (Å²) >= 11 is 3.68. The van der Waals surface area contributed by atoms with E-state index >= 15 is 0 Å². The van der Waals surface area contributed by atoms with Crippen LogP contribution in [0.5, 0.6) is 0 Å². The molecule has 1 aromatic rings. The maximum atomic E-state index is 5.04. The molecule has 1 fully saturated rings. The average molecular weight is 299 g/mol. The van der Waals surface area contributed by atoms with Crippen LogP contribution in [0.15, 0.2) is 22.7 Å². The lowest BCUT2D eigenvalue weighted by atomic mass is 9.97. The largest absolute Gasteiger partial charge is 0.306 e. The van der Waals surface area contributed by atoms with Crippen LogP contribution in [0.3, 0.4) is 0 Å². The Morgan fingerprint density at radius 3 is 2.94 bits per heavy atom. The number of rotatable bonds is 4. The lowest BCUT2D eigenvalue weighted by Gasteiger charge is -2.14. The predicted octanol–water partition coefficient (Wildman–Crippen LogP) is 2.30. The molecule has 2 N–H and O–H groups in total. The summed E-state index contributed by atoms with van der Waals surface area (Å²) in [5, 5.41) is 0. The monoisotopic (exact) mass is 298 g/mol. The number of hydrogen-bond donors (Lipinski definition) is 1. The Labute approximate surface area is 111 Å². The van der Waals surface area contributed by atoms with Crippen molar-refractivity contribution in [3.05, 3.63) is 33.8 Å². The maximum absolute atomic E-state index is 5.04. The van der Waals surface area contributed by atoms with Crippen molar-refractivity contribution >= 4 is 15.9 Å². The van der Waals surface area contributed by atoms with Crippen LogP contribution in [-0.4, -0.2) is 31.6 Å². The first kappa shape index (κ1) is 13.0. The van der Waals surface area contributed by atoms with Gasteiger partial charge in [-0.15, -0.1) is 0 Å². The van der Waals surface area contributed by atoms with Crippen LogP contribution in [0, 0.1) is 0 Å². The quantitative estimate of drug-likeness (QED) is 0.867. The van der Waals surface area contributed by atoms with Gasteiger partial charge in [-0.25, -0.2) is 5.90 Å². The van der Waals surface area contributed by atoms with Gasteiger partial charge >= 0.3 is 0 Å². The lowest BCUT2D eigenvalue weighted by Crippen LogP contribution is -2.13. The van der Waals surface area contributed by atoms with Crippen molar-refractivity contribution in [1.29, 1.82) is 0 Å². The van der Waals surface area contributed by atoms with Gasteiger partial charge in [0.2, 0.25) is 0 Å². The van der Waals surface area contributed by atoms with Crippen LogP contribution in [-0.2, 0) is 11.3 Å². The number of nitrogens with zero attached hydrogens (tertiary/aromatic N) is 1. The Morgan fingerprint density at radius 1 is 1.53 bits per heavy atom. The number of benzene rings is 1. The van der Waals surface area contributed by atoms with Gasteiger partial charge in [0, 0.05) is 11.0 Å². The highest BCUT2D eigenvalue weighted by Crippen LogP contribution is 2.32. The molecule has 1 aliphatic rings. The summed E-state index contributed by atoms with van der Waals surface area (Å²) in [4.78, 5) is 6.99. The first-order chi connectivity index (χ1) is 8.20. The molecule has 1 atom stereocenters. The molecule has 1 saturated heterocycles. The highest BCUT2D eigenvalue weighted by Gasteiger charge is 2.22. The second-order valence-electron chi connectivity index (χ2n) is 4.72. The fraction of sp³-hybridized carbons (Fsp3) is 0.538. The second kappa shape index (κ2) is 5.96. The van der Waals surface area contributed by atoms with Crippen molar-refractivity contribution in [1.82, 2.24) is 4.90 Å². The topological polar surface area (TPSA) is 38.5 Å². The predicted molar refractivity (Wildman–Crippen MR) is 72.8 cm³/mol. The SMILES string of the molecule is CN1CCC(c2ccc(CCON)cc2Br)C1. The van der Waals surface area contributed by atoms with Gasteiger partial charge in [-0.3, -0.25) is 0 Å². The first-order valence-electron chi connectivity index (χ1n) is 5.99. The minimum atomic E-state index is 0.567. The molecule has 1 aliphatic heterocycles. The molecule has 3 nitrogen and oxygen atoms in total. The minimum absolute atomic E-state index is 0.567. The molecule has 1 aromatic carbocycles. The summed E-state index contributed by atoms with van der Waals surface area (Å²) in [6.07, 6.45) is 2.11. The Kier molecular flexibility index (Phi) is 4.56. The zero-order chi connectivity index (χ0) is 12.3. The third-order valence-corrected chi connectivity index (χ3v) is 4.09. The number of nitrogens with two attached hydrogens (primary N) is 1. The highest BCUT2D eigenvalue weighted by atomic mass is 79.9. The Bertz CT molecular complexity index is 384. The van der Waals surface area contributed by atoms with Crippen LogP contribution >= 0.6 is 15.9 Å². The molecule has 1 unspecified atom stereocenters. The van der Waals surface area contributed by atoms with E-state index in [0.29, 0.717) is 12.5 Å². The van der Waals surface area contributed by atoms with Crippen LogP contribution in [0.2, 0.25) is 0 Å². The van der Waals surface area contributed by atoms with Crippen LogP contribution in [0.1, 0.15) is 23.5 Å². The Morgan fingerprint density at radius 2 is 2.35 bits per heavy atom. The van der Waals surface area contributed by atoms with Gasteiger partial charge in [0.25, 0.3) is 0 Å². The standard InChI is InChI=1S/C13H19BrN2O/c1-16-6-4-11(9-16)12-3-2-10(5-7-17-15)8-13(12)14/h2-3,8,11H,4-7,9,15H2,1H3. The molecule has 0 aromatic heterocycles. The van der Waals surface area contributed by atoms with Gasteiger partial charge in [-0.05, 0) is 49.5 Å². The van der Waals surface area contributed by atoms with Crippen LogP contribution in [0.4, 0.5) is 0 Å². The van der Waals surface area contributed by atoms with Gasteiger partial charge in [-0.1, -0.05) is 28.1 Å². The lowest BCUT2D eigenvalue weighted by molar-refractivity contribution is 0.141. The molecule has 4 heteroatoms. The van der Waals surface area contributed by atoms with Crippen molar-refractivity contribution in [3.63, 3.8) is 0 Å². The summed E-state index contributed by atoms with van der Waals surface area (Å²) in [5.74, 6) is 5.70. The van der Waals surface area contributed by atoms with Gasteiger partial charge in [-0.2, -0.15) is 0 Å². The second-order valence-corrected chi connectivity index (χ2v) is 5.58. The van der Waals surface area contributed by atoms with E-state index in [-0.39, 0.29) is 0 Å². The fourth-order valence-electron chi connectivity index (χ4n) is 2.42. The van der Waals surface area contributed by atoms with E-state index in [1.807, 2.05) is 0 Å². The van der Waals surface area contributed by atoms with E-state index in [4.69, 9.17) is 5.90 Å². The molecule has 17 heavy (non-hydrogen) atoms. The van der Waals surface area contributed by atoms with Crippen molar-refractivity contribution in [2.45, 2.75) is 18.8 Å². The number of likely N-dealkylation sites (tertiary alicyclic amines) is 1. The van der Waals surface area contributed by atoms with E-state index in [1.54, 1.807) is 0 Å². The fourth-order valence-corrected chi connectivity index (χ4v) is 3.17. The van der Waals surface area contributed by atoms with Gasteiger partial charge in [0.05, 0.1) is 6.61 Å². The van der Waals surface area contributed by atoms with Gasteiger partial charge < -0.3 is 9.74 Å². The molecule has 0 saturated carbocycles. The normalized spacial score (nSPS) is 21.0. The molecule has 0 amide bonds. The van der Waals surface area contributed by atoms with Crippen molar-refractivity contribution < 1.29 is 4.84 Å². The zero-order valence-corrected chi connectivity index (χ0v) is 11.7. The number of halogens is 1. The van der Waals surface area contributed by atoms with Crippen LogP contribution < -0.4 is 5.90 Å². The summed E-state index contributed by atoms with van der Waals surface area (Å²) in [6.45, 7) is 2.92. The highest BCUT2D eigenvalue weighted by molar-refractivity contribution is 9.10. The van der Waals surface area contributed by atoms with E-state index in [0.717, 1.165) is 13.0 Å². The van der Waals surface area contributed by atoms with Crippen LogP contribution in [0.25, 0.3) is 0 Å². The Balaban J connectivity index is 2.08. The van der Waals surface area contributed by atoms with E-state index in [9.17, 15) is 0 Å². The number of likely N-dealkylation sites (N-methyl/N-ethyl adjacent to an activating group) is 1. The van der Waals surface area contributed by atoms with E-state index in [1.165, 1.54) is 28.6 Å². The molecular formula is C13H19BrN2O. The van der Waals surface area contributed by atoms with Crippen molar-refractivity contribution in [2.75, 3.05) is 26.7 Å². The molecular weight excluding hydrogens is 280 g/mol. The summed E-state index contributed by atoms with van der Waals surface area (Å²) in [7, 11) is 2.18. The molecule has 1 heterocycles. The van der Waals surface area contributed by atoms with E-state index < -0.39 is 0 Å². The van der Waals surface area contributed by atoms with Gasteiger partial charge in [0.15, 0.2) is 0 Å². The smallest absolute Gasteiger partial charge is 0.0719 e. The zero-order valence-electron chi connectivity index (χ0n) is 10.2. The van der Waals surface area contributed by atoms with Crippen molar-refractivity contribution in [2.24, 2.45) is 5.90 Å². The Hall–Kier alpha value is -0.420. The molecule has 0 spiro atoms.